The number of aliphatic imine (C=N–C) groups is 1. The first kappa shape index (κ1) is 21.2. The molecule has 0 aromatic heterocycles. The molecule has 0 radical (unpaired) electrons. The highest BCUT2D eigenvalue weighted by Gasteiger charge is 2.24. The van der Waals surface area contributed by atoms with E-state index in [1.54, 1.807) is 0 Å². The van der Waals surface area contributed by atoms with Crippen LogP contribution in [-0.4, -0.2) is 60.9 Å². The highest BCUT2D eigenvalue weighted by Crippen LogP contribution is 2.10. The van der Waals surface area contributed by atoms with Crippen LogP contribution in [0.1, 0.15) is 34.6 Å². The fourth-order valence-corrected chi connectivity index (χ4v) is 1.79. The summed E-state index contributed by atoms with van der Waals surface area (Å²) in [5, 5.41) is 2.80. The molecule has 8 heteroatoms. The standard InChI is InChI=1S/C14H28N4O3.HI/c1-13(2,3)21-12(19)17-14(4,5)10-16-11(15)18-6-8-20-9-7-18;/h6-10H2,1-5H3,(H2,15,16)(H,17,19);1H. The van der Waals surface area contributed by atoms with Gasteiger partial charge in [0.25, 0.3) is 0 Å². The van der Waals surface area contributed by atoms with Crippen molar-refractivity contribution in [3.8, 4) is 0 Å². The molecule has 0 aliphatic carbocycles. The van der Waals surface area contributed by atoms with Crippen LogP contribution in [0.2, 0.25) is 0 Å². The quantitative estimate of drug-likeness (QED) is 0.405. The van der Waals surface area contributed by atoms with Gasteiger partial charge in [0.2, 0.25) is 0 Å². The van der Waals surface area contributed by atoms with E-state index in [-0.39, 0.29) is 24.0 Å². The zero-order valence-corrected chi connectivity index (χ0v) is 16.5. The number of guanidine groups is 1. The molecule has 1 aliphatic rings. The summed E-state index contributed by atoms with van der Waals surface area (Å²) in [4.78, 5) is 18.1. The topological polar surface area (TPSA) is 89.2 Å². The Hall–Kier alpha value is -0.770. The van der Waals surface area contributed by atoms with Gasteiger partial charge in [0.1, 0.15) is 5.60 Å². The average Bonchev–Trinajstić information content (AvgIpc) is 2.34. The average molecular weight is 428 g/mol. The molecule has 130 valence electrons. The Balaban J connectivity index is 0.00000441. The number of nitrogens with zero attached hydrogens (tertiary/aromatic N) is 2. The van der Waals surface area contributed by atoms with Gasteiger partial charge < -0.3 is 25.4 Å². The molecule has 1 aliphatic heterocycles. The van der Waals surface area contributed by atoms with E-state index in [1.165, 1.54) is 0 Å². The van der Waals surface area contributed by atoms with Crippen LogP contribution in [0.25, 0.3) is 0 Å². The summed E-state index contributed by atoms with van der Waals surface area (Å²) in [6.45, 7) is 12.4. The number of carbonyl (C=O) groups excluding carboxylic acids is 1. The number of carbonyl (C=O) groups is 1. The fraction of sp³-hybridized carbons (Fsp3) is 0.857. The summed E-state index contributed by atoms with van der Waals surface area (Å²) >= 11 is 0. The Morgan fingerprint density at radius 3 is 2.32 bits per heavy atom. The summed E-state index contributed by atoms with van der Waals surface area (Å²) in [6.07, 6.45) is -0.451. The predicted octanol–water partition coefficient (Wildman–Crippen LogP) is 1.55. The maximum atomic E-state index is 11.8. The van der Waals surface area contributed by atoms with Crippen molar-refractivity contribution >= 4 is 36.0 Å². The molecule has 0 atom stereocenters. The van der Waals surface area contributed by atoms with Crippen molar-refractivity contribution in [2.45, 2.75) is 45.8 Å². The van der Waals surface area contributed by atoms with Gasteiger partial charge in [-0.1, -0.05) is 0 Å². The van der Waals surface area contributed by atoms with Crippen LogP contribution in [0.15, 0.2) is 4.99 Å². The zero-order valence-electron chi connectivity index (χ0n) is 14.1. The maximum Gasteiger partial charge on any atom is 0.408 e. The van der Waals surface area contributed by atoms with Crippen molar-refractivity contribution in [2.24, 2.45) is 10.7 Å². The van der Waals surface area contributed by atoms with E-state index < -0.39 is 17.2 Å². The summed E-state index contributed by atoms with van der Waals surface area (Å²) in [5.41, 5.74) is 4.92. The van der Waals surface area contributed by atoms with Crippen LogP contribution >= 0.6 is 24.0 Å². The fourth-order valence-electron chi connectivity index (χ4n) is 1.79. The Kier molecular flexibility index (Phi) is 8.45. The minimum atomic E-state index is -0.529. The highest BCUT2D eigenvalue weighted by molar-refractivity contribution is 14.0. The molecule has 0 aromatic rings. The van der Waals surface area contributed by atoms with Gasteiger partial charge in [0, 0.05) is 13.1 Å². The Morgan fingerprint density at radius 1 is 1.27 bits per heavy atom. The van der Waals surface area contributed by atoms with Gasteiger partial charge in [-0.3, -0.25) is 4.99 Å². The van der Waals surface area contributed by atoms with Gasteiger partial charge in [-0.25, -0.2) is 4.79 Å². The molecular weight excluding hydrogens is 399 g/mol. The van der Waals surface area contributed by atoms with E-state index >= 15 is 0 Å². The molecule has 1 fully saturated rings. The lowest BCUT2D eigenvalue weighted by molar-refractivity contribution is 0.0475. The van der Waals surface area contributed by atoms with Gasteiger partial charge >= 0.3 is 6.09 Å². The third-order valence-electron chi connectivity index (χ3n) is 2.81. The smallest absolute Gasteiger partial charge is 0.408 e. The van der Waals surface area contributed by atoms with Crippen molar-refractivity contribution in [3.05, 3.63) is 0 Å². The molecule has 1 rings (SSSR count). The molecule has 22 heavy (non-hydrogen) atoms. The largest absolute Gasteiger partial charge is 0.444 e. The van der Waals surface area contributed by atoms with Crippen LogP contribution in [-0.2, 0) is 9.47 Å². The molecule has 0 bridgehead atoms. The number of hydrogen-bond acceptors (Lipinski definition) is 4. The predicted molar refractivity (Wildman–Crippen MR) is 97.7 cm³/mol. The van der Waals surface area contributed by atoms with Crippen LogP contribution in [0.4, 0.5) is 4.79 Å². The molecule has 3 N–H and O–H groups in total. The SMILES string of the molecule is CC(C)(CN=C(N)N1CCOCC1)NC(=O)OC(C)(C)C.I. The lowest BCUT2D eigenvalue weighted by atomic mass is 10.1. The van der Waals surface area contributed by atoms with Crippen LogP contribution in [0, 0.1) is 0 Å². The van der Waals surface area contributed by atoms with Crippen molar-refractivity contribution in [1.82, 2.24) is 10.2 Å². The number of rotatable bonds is 3. The molecular formula is C14H29IN4O3. The van der Waals surface area contributed by atoms with E-state index in [4.69, 9.17) is 15.2 Å². The molecule has 0 unspecified atom stereocenters. The maximum absolute atomic E-state index is 11.8. The molecule has 0 saturated carbocycles. The third kappa shape index (κ3) is 8.62. The molecule has 0 aromatic carbocycles. The van der Waals surface area contributed by atoms with Crippen molar-refractivity contribution in [3.63, 3.8) is 0 Å². The second-order valence-electron chi connectivity index (χ2n) is 6.78. The van der Waals surface area contributed by atoms with Gasteiger partial charge in [-0.05, 0) is 34.6 Å². The third-order valence-corrected chi connectivity index (χ3v) is 2.81. The van der Waals surface area contributed by atoms with E-state index in [2.05, 4.69) is 10.3 Å². The minimum absolute atomic E-state index is 0. The second kappa shape index (κ2) is 8.76. The Bertz CT molecular complexity index is 388. The van der Waals surface area contributed by atoms with Crippen molar-refractivity contribution in [1.29, 1.82) is 0 Å². The normalized spacial score (nSPS) is 16.8. The number of alkyl carbamates (subject to hydrolysis) is 1. The van der Waals surface area contributed by atoms with Crippen molar-refractivity contribution < 1.29 is 14.3 Å². The van der Waals surface area contributed by atoms with E-state index in [0.29, 0.717) is 25.7 Å². The minimum Gasteiger partial charge on any atom is -0.444 e. The zero-order chi connectivity index (χ0) is 16.1. The first-order chi connectivity index (χ1) is 9.59. The first-order valence-corrected chi connectivity index (χ1v) is 7.23. The summed E-state index contributed by atoms with van der Waals surface area (Å²) in [5.74, 6) is 0.484. The number of hydrogen-bond donors (Lipinski definition) is 2. The summed E-state index contributed by atoms with van der Waals surface area (Å²) in [6, 6.07) is 0. The van der Waals surface area contributed by atoms with E-state index in [1.807, 2.05) is 39.5 Å². The number of nitrogens with two attached hydrogens (primary N) is 1. The number of ether oxygens (including phenoxy) is 2. The lowest BCUT2D eigenvalue weighted by Gasteiger charge is -2.30. The molecule has 1 amide bonds. The van der Waals surface area contributed by atoms with Crippen LogP contribution < -0.4 is 11.1 Å². The van der Waals surface area contributed by atoms with Crippen LogP contribution in [0.3, 0.4) is 0 Å². The van der Waals surface area contributed by atoms with Gasteiger partial charge in [-0.2, -0.15) is 0 Å². The van der Waals surface area contributed by atoms with Gasteiger partial charge in [0.15, 0.2) is 5.96 Å². The number of nitrogens with one attached hydrogen (secondary N) is 1. The van der Waals surface area contributed by atoms with E-state index in [9.17, 15) is 4.79 Å². The Morgan fingerprint density at radius 2 is 1.82 bits per heavy atom. The monoisotopic (exact) mass is 428 g/mol. The second-order valence-corrected chi connectivity index (χ2v) is 6.78. The number of halogens is 1. The van der Waals surface area contributed by atoms with Crippen molar-refractivity contribution in [2.75, 3.05) is 32.8 Å². The molecule has 1 saturated heterocycles. The first-order valence-electron chi connectivity index (χ1n) is 7.23. The Labute approximate surface area is 150 Å². The highest BCUT2D eigenvalue weighted by atomic mass is 127. The molecule has 7 nitrogen and oxygen atoms in total. The summed E-state index contributed by atoms with van der Waals surface area (Å²) < 4.78 is 10.5. The molecule has 1 heterocycles. The number of amides is 1. The van der Waals surface area contributed by atoms with Gasteiger partial charge in [-0.15, -0.1) is 24.0 Å². The lowest BCUT2D eigenvalue weighted by Crippen LogP contribution is -2.49. The van der Waals surface area contributed by atoms with Crippen LogP contribution in [0.5, 0.6) is 0 Å². The number of morpholine rings is 1. The molecule has 0 spiro atoms. The van der Waals surface area contributed by atoms with E-state index in [0.717, 1.165) is 13.1 Å². The summed E-state index contributed by atoms with van der Waals surface area (Å²) in [7, 11) is 0. The van der Waals surface area contributed by atoms with Gasteiger partial charge in [0.05, 0.1) is 25.3 Å².